The van der Waals surface area contributed by atoms with Gasteiger partial charge in [-0.05, 0) is 6.92 Å². The SMILES string of the molecule is C[C@H](O)[C@H](C)C(N)=O. The summed E-state index contributed by atoms with van der Waals surface area (Å²) in [6.45, 7) is 3.13. The van der Waals surface area contributed by atoms with Gasteiger partial charge in [-0.25, -0.2) is 0 Å². The van der Waals surface area contributed by atoms with Crippen molar-refractivity contribution >= 4 is 5.91 Å². The number of hydrogen-bond acceptors (Lipinski definition) is 2. The summed E-state index contributed by atoms with van der Waals surface area (Å²) in [6, 6.07) is 0. The van der Waals surface area contributed by atoms with Crippen LogP contribution in [0.5, 0.6) is 0 Å². The van der Waals surface area contributed by atoms with E-state index in [2.05, 4.69) is 0 Å². The zero-order valence-electron chi connectivity index (χ0n) is 5.09. The lowest BCUT2D eigenvalue weighted by Crippen LogP contribution is -2.28. The van der Waals surface area contributed by atoms with Crippen molar-refractivity contribution in [1.29, 1.82) is 0 Å². The maximum Gasteiger partial charge on any atom is 0.222 e. The second kappa shape index (κ2) is 2.67. The Labute approximate surface area is 48.5 Å². The Kier molecular flexibility index (Phi) is 2.48. The fourth-order valence-corrected chi connectivity index (χ4v) is 0.238. The average Bonchev–Trinajstić information content (AvgIpc) is 1.64. The molecule has 3 nitrogen and oxygen atoms in total. The van der Waals surface area contributed by atoms with E-state index >= 15 is 0 Å². The highest BCUT2D eigenvalue weighted by molar-refractivity contribution is 5.76. The molecule has 2 atom stereocenters. The molecule has 0 heterocycles. The molecule has 48 valence electrons. The van der Waals surface area contributed by atoms with Crippen LogP contribution in [0.3, 0.4) is 0 Å². The van der Waals surface area contributed by atoms with Crippen LogP contribution >= 0.6 is 0 Å². The van der Waals surface area contributed by atoms with E-state index in [1.54, 1.807) is 6.92 Å². The summed E-state index contributed by atoms with van der Waals surface area (Å²) in [7, 11) is 0. The third kappa shape index (κ3) is 1.93. The lowest BCUT2D eigenvalue weighted by molar-refractivity contribution is -0.124. The van der Waals surface area contributed by atoms with Gasteiger partial charge in [0.25, 0.3) is 0 Å². The zero-order chi connectivity index (χ0) is 6.73. The molecular formula is C5H11NO2. The zero-order valence-corrected chi connectivity index (χ0v) is 5.09. The summed E-state index contributed by atoms with van der Waals surface area (Å²) in [5.41, 5.74) is 4.84. The van der Waals surface area contributed by atoms with Crippen molar-refractivity contribution < 1.29 is 9.90 Å². The molecule has 3 heteroatoms. The summed E-state index contributed by atoms with van der Waals surface area (Å²) in [6.07, 6.45) is -0.632. The number of primary amides is 1. The third-order valence-electron chi connectivity index (χ3n) is 1.17. The summed E-state index contributed by atoms with van der Waals surface area (Å²) >= 11 is 0. The van der Waals surface area contributed by atoms with Crippen molar-refractivity contribution in [1.82, 2.24) is 0 Å². The van der Waals surface area contributed by atoms with E-state index in [0.29, 0.717) is 0 Å². The van der Waals surface area contributed by atoms with Crippen molar-refractivity contribution in [3.05, 3.63) is 0 Å². The molecule has 0 saturated heterocycles. The Balaban J connectivity index is 3.64. The number of hydrogen-bond donors (Lipinski definition) is 2. The van der Waals surface area contributed by atoms with Gasteiger partial charge in [0.1, 0.15) is 0 Å². The van der Waals surface area contributed by atoms with Crippen molar-refractivity contribution in [3.8, 4) is 0 Å². The second-order valence-electron chi connectivity index (χ2n) is 1.93. The molecule has 0 aromatic heterocycles. The molecule has 0 rings (SSSR count). The monoisotopic (exact) mass is 117 g/mol. The molecule has 0 aliphatic heterocycles. The highest BCUT2D eigenvalue weighted by Gasteiger charge is 2.13. The largest absolute Gasteiger partial charge is 0.393 e. The molecule has 3 N–H and O–H groups in total. The maximum absolute atomic E-state index is 10.2. The van der Waals surface area contributed by atoms with Crippen LogP contribution in [0.2, 0.25) is 0 Å². The molecule has 0 aromatic carbocycles. The normalized spacial score (nSPS) is 17.4. The highest BCUT2D eigenvalue weighted by atomic mass is 16.3. The van der Waals surface area contributed by atoms with Crippen molar-refractivity contribution in [2.24, 2.45) is 11.7 Å². The van der Waals surface area contributed by atoms with E-state index in [4.69, 9.17) is 10.8 Å². The van der Waals surface area contributed by atoms with Crippen LogP contribution in [0.1, 0.15) is 13.8 Å². The van der Waals surface area contributed by atoms with E-state index < -0.39 is 17.9 Å². The first-order valence-electron chi connectivity index (χ1n) is 2.53. The van der Waals surface area contributed by atoms with Crippen molar-refractivity contribution in [2.45, 2.75) is 20.0 Å². The highest BCUT2D eigenvalue weighted by Crippen LogP contribution is 1.98. The predicted molar refractivity (Wildman–Crippen MR) is 30.0 cm³/mol. The van der Waals surface area contributed by atoms with E-state index in [9.17, 15) is 4.79 Å². The minimum atomic E-state index is -0.632. The molecule has 0 saturated carbocycles. The Bertz CT molecular complexity index is 90.4. The lowest BCUT2D eigenvalue weighted by atomic mass is 10.1. The van der Waals surface area contributed by atoms with Gasteiger partial charge >= 0.3 is 0 Å². The Hall–Kier alpha value is -0.570. The van der Waals surface area contributed by atoms with Gasteiger partial charge < -0.3 is 10.8 Å². The standard InChI is InChI=1S/C5H11NO2/c1-3(4(2)7)5(6)8/h3-4,7H,1-2H3,(H2,6,8)/t3-,4-/m0/s1. The second-order valence-corrected chi connectivity index (χ2v) is 1.93. The summed E-state index contributed by atoms with van der Waals surface area (Å²) in [5.74, 6) is -0.894. The molecule has 0 bridgehead atoms. The van der Waals surface area contributed by atoms with Gasteiger partial charge in [-0.2, -0.15) is 0 Å². The summed E-state index contributed by atoms with van der Waals surface area (Å²) < 4.78 is 0. The van der Waals surface area contributed by atoms with Gasteiger partial charge in [0.05, 0.1) is 12.0 Å². The van der Waals surface area contributed by atoms with E-state index in [-0.39, 0.29) is 0 Å². The first-order chi connectivity index (χ1) is 3.55. The molecule has 0 aliphatic rings. The van der Waals surface area contributed by atoms with Gasteiger partial charge in [0, 0.05) is 0 Å². The molecule has 0 radical (unpaired) electrons. The fourth-order valence-electron chi connectivity index (χ4n) is 0.238. The Morgan fingerprint density at radius 3 is 2.00 bits per heavy atom. The number of aliphatic hydroxyl groups excluding tert-OH is 1. The molecule has 0 aromatic rings. The van der Waals surface area contributed by atoms with Crippen LogP contribution in [0, 0.1) is 5.92 Å². The number of carbonyl (C=O) groups excluding carboxylic acids is 1. The number of carbonyl (C=O) groups is 1. The average molecular weight is 117 g/mol. The van der Waals surface area contributed by atoms with Crippen LogP contribution in [-0.2, 0) is 4.79 Å². The molecular weight excluding hydrogens is 106 g/mol. The number of nitrogens with two attached hydrogens (primary N) is 1. The smallest absolute Gasteiger partial charge is 0.222 e. The van der Waals surface area contributed by atoms with Crippen LogP contribution in [0.15, 0.2) is 0 Å². The van der Waals surface area contributed by atoms with E-state index in [1.807, 2.05) is 0 Å². The third-order valence-corrected chi connectivity index (χ3v) is 1.17. The molecule has 0 fully saturated rings. The van der Waals surface area contributed by atoms with E-state index in [1.165, 1.54) is 6.92 Å². The molecule has 8 heavy (non-hydrogen) atoms. The van der Waals surface area contributed by atoms with Gasteiger partial charge in [-0.1, -0.05) is 6.92 Å². The van der Waals surface area contributed by atoms with Crippen LogP contribution in [0.4, 0.5) is 0 Å². The first kappa shape index (κ1) is 7.43. The minimum absolute atomic E-state index is 0.435. The Morgan fingerprint density at radius 1 is 1.62 bits per heavy atom. The first-order valence-corrected chi connectivity index (χ1v) is 2.53. The fraction of sp³-hybridized carbons (Fsp3) is 0.800. The number of aliphatic hydroxyl groups is 1. The molecule has 1 amide bonds. The molecule has 0 unspecified atom stereocenters. The van der Waals surface area contributed by atoms with Crippen LogP contribution < -0.4 is 5.73 Å². The van der Waals surface area contributed by atoms with Crippen molar-refractivity contribution in [2.75, 3.05) is 0 Å². The maximum atomic E-state index is 10.2. The Morgan fingerprint density at radius 2 is 2.00 bits per heavy atom. The van der Waals surface area contributed by atoms with Gasteiger partial charge in [-0.15, -0.1) is 0 Å². The summed E-state index contributed by atoms with van der Waals surface area (Å²) in [5, 5.41) is 8.69. The minimum Gasteiger partial charge on any atom is -0.393 e. The number of amides is 1. The quantitative estimate of drug-likeness (QED) is 0.511. The molecule has 0 aliphatic carbocycles. The van der Waals surface area contributed by atoms with Crippen molar-refractivity contribution in [3.63, 3.8) is 0 Å². The van der Waals surface area contributed by atoms with Gasteiger partial charge in [0.15, 0.2) is 0 Å². The summed E-state index contributed by atoms with van der Waals surface area (Å²) in [4.78, 5) is 10.2. The van der Waals surface area contributed by atoms with Crippen LogP contribution in [-0.4, -0.2) is 17.1 Å². The van der Waals surface area contributed by atoms with E-state index in [0.717, 1.165) is 0 Å². The topological polar surface area (TPSA) is 63.3 Å². The van der Waals surface area contributed by atoms with Gasteiger partial charge in [-0.3, -0.25) is 4.79 Å². The molecule has 0 spiro atoms. The number of rotatable bonds is 2. The predicted octanol–water partition coefficient (Wildman–Crippen LogP) is -0.511. The van der Waals surface area contributed by atoms with Gasteiger partial charge in [0.2, 0.25) is 5.91 Å². The van der Waals surface area contributed by atoms with Crippen LogP contribution in [0.25, 0.3) is 0 Å². The lowest BCUT2D eigenvalue weighted by Gasteiger charge is -2.08.